The number of benzene rings is 4. The first kappa shape index (κ1) is 29.0. The highest BCUT2D eigenvalue weighted by Gasteiger charge is 2.21. The first-order chi connectivity index (χ1) is 19.8. The molecule has 8 nitrogen and oxygen atoms in total. The molecule has 0 radical (unpaired) electrons. The average Bonchev–Trinajstić information content (AvgIpc) is 2.98. The van der Waals surface area contributed by atoms with Crippen molar-refractivity contribution in [2.45, 2.75) is 33.0 Å². The highest BCUT2D eigenvalue weighted by Crippen LogP contribution is 2.34. The van der Waals surface area contributed by atoms with E-state index in [1.807, 2.05) is 55.5 Å². The number of nitriles is 1. The molecule has 0 fully saturated rings. The lowest BCUT2D eigenvalue weighted by Crippen LogP contribution is -2.39. The number of rotatable bonds is 11. The molecule has 41 heavy (non-hydrogen) atoms. The zero-order chi connectivity index (χ0) is 29.4. The Kier molecular flexibility index (Phi) is 9.48. The SMILES string of the molecule is Cc1c(C(=O)Oc2ccc(CN[C@@H](CO)C(=O)O)c(OCc3cccc(C#N)c3)c2C)cccc1-c1ccccc1. The standard InChI is InChI=1S/C33H30N2O6/c1-21-27(25-10-4-3-5-11-25)12-7-13-28(21)33(39)41-30-15-14-26(18-35-29(19-36)32(37)38)31(22(30)2)40-20-24-9-6-8-23(16-24)17-34/h3-16,29,35-36H,18-20H2,1-2H3,(H,37,38)/t29-/m0/s1. The Hall–Kier alpha value is -4.97. The van der Waals surface area contributed by atoms with Crippen LogP contribution in [0, 0.1) is 25.2 Å². The molecular formula is C33H30N2O6. The lowest BCUT2D eigenvalue weighted by atomic mass is 9.96. The van der Waals surface area contributed by atoms with Gasteiger partial charge in [0, 0.05) is 17.7 Å². The maximum absolute atomic E-state index is 13.3. The summed E-state index contributed by atoms with van der Waals surface area (Å²) in [5.74, 6) is -1.00. The van der Waals surface area contributed by atoms with Gasteiger partial charge in [0.05, 0.1) is 23.8 Å². The molecule has 0 aliphatic carbocycles. The summed E-state index contributed by atoms with van der Waals surface area (Å²) < 4.78 is 12.0. The third kappa shape index (κ3) is 6.97. The minimum absolute atomic E-state index is 0.0817. The first-order valence-corrected chi connectivity index (χ1v) is 13.0. The molecule has 208 valence electrons. The van der Waals surface area contributed by atoms with Gasteiger partial charge in [0.1, 0.15) is 24.1 Å². The molecule has 0 saturated heterocycles. The number of aliphatic hydroxyl groups is 1. The molecule has 0 amide bonds. The molecule has 8 heteroatoms. The topological polar surface area (TPSA) is 129 Å². The van der Waals surface area contributed by atoms with E-state index in [0.29, 0.717) is 33.8 Å². The fraction of sp³-hybridized carbons (Fsp3) is 0.182. The second kappa shape index (κ2) is 13.4. The van der Waals surface area contributed by atoms with Gasteiger partial charge in [0.2, 0.25) is 0 Å². The number of hydrogen-bond donors (Lipinski definition) is 3. The van der Waals surface area contributed by atoms with E-state index in [-0.39, 0.29) is 13.2 Å². The molecule has 0 aliphatic rings. The molecule has 0 spiro atoms. The van der Waals surface area contributed by atoms with Crippen LogP contribution in [0.5, 0.6) is 11.5 Å². The maximum atomic E-state index is 13.3. The number of carboxylic acid groups (broad SMARTS) is 1. The summed E-state index contributed by atoms with van der Waals surface area (Å²) in [6.45, 7) is 3.26. The van der Waals surface area contributed by atoms with Crippen molar-refractivity contribution in [2.24, 2.45) is 0 Å². The minimum atomic E-state index is -1.18. The molecule has 0 heterocycles. The lowest BCUT2D eigenvalue weighted by Gasteiger charge is -2.19. The van der Waals surface area contributed by atoms with Gasteiger partial charge < -0.3 is 19.7 Å². The quantitative estimate of drug-likeness (QED) is 0.172. The number of hydrogen-bond acceptors (Lipinski definition) is 7. The zero-order valence-electron chi connectivity index (χ0n) is 22.8. The van der Waals surface area contributed by atoms with E-state index in [0.717, 1.165) is 22.3 Å². The predicted molar refractivity (Wildman–Crippen MR) is 154 cm³/mol. The fourth-order valence-corrected chi connectivity index (χ4v) is 4.47. The van der Waals surface area contributed by atoms with E-state index in [1.54, 1.807) is 43.3 Å². The van der Waals surface area contributed by atoms with Gasteiger partial charge >= 0.3 is 11.9 Å². The average molecular weight is 551 g/mol. The highest BCUT2D eigenvalue weighted by atomic mass is 16.5. The van der Waals surface area contributed by atoms with E-state index < -0.39 is 24.6 Å². The summed E-state index contributed by atoms with van der Waals surface area (Å²) in [6.07, 6.45) is 0. The Morgan fingerprint density at radius 3 is 2.41 bits per heavy atom. The Labute approximate surface area is 238 Å². The van der Waals surface area contributed by atoms with E-state index in [9.17, 15) is 25.1 Å². The monoisotopic (exact) mass is 550 g/mol. The van der Waals surface area contributed by atoms with Gasteiger partial charge in [-0.15, -0.1) is 0 Å². The van der Waals surface area contributed by atoms with Crippen molar-refractivity contribution in [2.75, 3.05) is 6.61 Å². The largest absolute Gasteiger partial charge is 0.488 e. The maximum Gasteiger partial charge on any atom is 0.343 e. The van der Waals surface area contributed by atoms with Crippen LogP contribution in [0.2, 0.25) is 0 Å². The molecule has 3 N–H and O–H groups in total. The summed E-state index contributed by atoms with van der Waals surface area (Å²) in [5, 5.41) is 30.7. The van der Waals surface area contributed by atoms with Crippen LogP contribution >= 0.6 is 0 Å². The third-order valence-corrected chi connectivity index (χ3v) is 6.74. The summed E-state index contributed by atoms with van der Waals surface area (Å²) >= 11 is 0. The van der Waals surface area contributed by atoms with Gasteiger partial charge in [0.15, 0.2) is 0 Å². The van der Waals surface area contributed by atoms with Gasteiger partial charge in [-0.2, -0.15) is 5.26 Å². The predicted octanol–water partition coefficient (Wildman–Crippen LogP) is 5.18. The van der Waals surface area contributed by atoms with Gasteiger partial charge in [-0.25, -0.2) is 4.79 Å². The van der Waals surface area contributed by atoms with Gasteiger partial charge in [-0.1, -0.05) is 60.7 Å². The van der Waals surface area contributed by atoms with Crippen molar-refractivity contribution in [1.82, 2.24) is 5.32 Å². The number of aliphatic carboxylic acids is 1. The van der Waals surface area contributed by atoms with E-state index in [4.69, 9.17) is 9.47 Å². The number of nitrogens with one attached hydrogen (secondary N) is 1. The molecule has 4 rings (SSSR count). The van der Waals surface area contributed by atoms with Gasteiger partial charge in [-0.3, -0.25) is 10.1 Å². The molecule has 0 aliphatic heterocycles. The second-order valence-electron chi connectivity index (χ2n) is 9.47. The molecule has 1 atom stereocenters. The van der Waals surface area contributed by atoms with Crippen LogP contribution in [-0.4, -0.2) is 34.8 Å². The van der Waals surface area contributed by atoms with Crippen LogP contribution in [0.3, 0.4) is 0 Å². The van der Waals surface area contributed by atoms with E-state index in [1.165, 1.54) is 0 Å². The third-order valence-electron chi connectivity index (χ3n) is 6.74. The highest BCUT2D eigenvalue weighted by molar-refractivity contribution is 5.95. The van der Waals surface area contributed by atoms with E-state index in [2.05, 4.69) is 11.4 Å². The lowest BCUT2D eigenvalue weighted by molar-refractivity contribution is -0.140. The van der Waals surface area contributed by atoms with Crippen LogP contribution in [0.15, 0.2) is 84.9 Å². The molecule has 0 aromatic heterocycles. The van der Waals surface area contributed by atoms with Crippen LogP contribution in [0.4, 0.5) is 0 Å². The molecule has 0 bridgehead atoms. The summed E-state index contributed by atoms with van der Waals surface area (Å²) in [5.41, 5.74) is 5.55. The zero-order valence-corrected chi connectivity index (χ0v) is 22.8. The molecule has 4 aromatic rings. The van der Waals surface area contributed by atoms with Crippen molar-refractivity contribution >= 4 is 11.9 Å². The van der Waals surface area contributed by atoms with Crippen LogP contribution in [0.25, 0.3) is 11.1 Å². The second-order valence-corrected chi connectivity index (χ2v) is 9.47. The summed E-state index contributed by atoms with van der Waals surface area (Å²) in [7, 11) is 0. The Morgan fingerprint density at radius 2 is 1.71 bits per heavy atom. The number of carboxylic acids is 1. The van der Waals surface area contributed by atoms with Gasteiger partial charge in [-0.05, 0) is 60.4 Å². The first-order valence-electron chi connectivity index (χ1n) is 13.0. The summed E-state index contributed by atoms with van der Waals surface area (Å²) in [6, 6.07) is 26.5. The number of nitrogens with zero attached hydrogens (tertiary/aromatic N) is 1. The Balaban J connectivity index is 1.63. The molecule has 0 saturated carbocycles. The van der Waals surface area contributed by atoms with Crippen LogP contribution < -0.4 is 14.8 Å². The molecular weight excluding hydrogens is 520 g/mol. The number of aliphatic hydroxyl groups excluding tert-OH is 1. The normalized spacial score (nSPS) is 11.4. The number of carbonyl (C=O) groups is 2. The molecule has 4 aromatic carbocycles. The number of esters is 1. The minimum Gasteiger partial charge on any atom is -0.488 e. The van der Waals surface area contributed by atoms with E-state index >= 15 is 0 Å². The van der Waals surface area contributed by atoms with Crippen molar-refractivity contribution in [1.29, 1.82) is 5.26 Å². The van der Waals surface area contributed by atoms with Gasteiger partial charge in [0.25, 0.3) is 0 Å². The Morgan fingerprint density at radius 1 is 0.951 bits per heavy atom. The van der Waals surface area contributed by atoms with Crippen LogP contribution in [0.1, 0.15) is 38.2 Å². The Bertz CT molecular complexity index is 1590. The van der Waals surface area contributed by atoms with Crippen molar-refractivity contribution < 1.29 is 29.3 Å². The number of carbonyl (C=O) groups excluding carboxylic acids is 1. The smallest absolute Gasteiger partial charge is 0.343 e. The molecule has 0 unspecified atom stereocenters. The van der Waals surface area contributed by atoms with Crippen molar-refractivity contribution in [3.63, 3.8) is 0 Å². The van der Waals surface area contributed by atoms with Crippen LogP contribution in [-0.2, 0) is 17.9 Å². The fourth-order valence-electron chi connectivity index (χ4n) is 4.47. The van der Waals surface area contributed by atoms with Crippen molar-refractivity contribution in [3.05, 3.63) is 118 Å². The number of ether oxygens (including phenoxy) is 2. The summed E-state index contributed by atoms with van der Waals surface area (Å²) in [4.78, 5) is 24.7. The van der Waals surface area contributed by atoms with Crippen molar-refractivity contribution in [3.8, 4) is 28.7 Å².